The summed E-state index contributed by atoms with van der Waals surface area (Å²) in [7, 11) is -1.53. The van der Waals surface area contributed by atoms with Gasteiger partial charge >= 0.3 is 0 Å². The van der Waals surface area contributed by atoms with Crippen molar-refractivity contribution in [1.29, 1.82) is 0 Å². The molecule has 0 amide bonds. The third-order valence-electron chi connectivity index (χ3n) is 1.88. The quantitative estimate of drug-likeness (QED) is 0.445. The van der Waals surface area contributed by atoms with E-state index in [1.165, 1.54) is 0 Å². The predicted molar refractivity (Wildman–Crippen MR) is 70.5 cm³/mol. The Labute approximate surface area is 98.6 Å². The second-order valence-corrected chi connectivity index (χ2v) is 9.07. The molecule has 0 unspecified atom stereocenters. The summed E-state index contributed by atoms with van der Waals surface area (Å²) >= 11 is 0. The van der Waals surface area contributed by atoms with E-state index in [1.54, 1.807) is 0 Å². The Kier molecular flexibility index (Phi) is 4.12. The number of aromatic nitrogens is 2. The highest BCUT2D eigenvalue weighted by Crippen LogP contribution is 2.11. The van der Waals surface area contributed by atoms with E-state index >= 15 is 0 Å². The van der Waals surface area contributed by atoms with Gasteiger partial charge in [-0.2, -0.15) is 5.10 Å². The molecule has 3 nitrogen and oxygen atoms in total. The summed E-state index contributed by atoms with van der Waals surface area (Å²) in [5.41, 5.74) is 1.07. The summed E-state index contributed by atoms with van der Waals surface area (Å²) in [5.74, 6) is 0.725. The lowest BCUT2D eigenvalue weighted by Crippen LogP contribution is -2.23. The smallest absolute Gasteiger partial charge is 0.242 e. The Balaban J connectivity index is 2.56. The van der Waals surface area contributed by atoms with Gasteiger partial charge in [-0.05, 0) is 38.7 Å². The molecule has 0 fully saturated rings. The Bertz CT molecular complexity index is 388. The van der Waals surface area contributed by atoms with E-state index in [-0.39, 0.29) is 0 Å². The molecule has 0 atom stereocenters. The average molecular weight is 236 g/mol. The normalized spacial score (nSPS) is 12.0. The first kappa shape index (κ1) is 12.8. The molecule has 1 rings (SSSR count). The van der Waals surface area contributed by atoms with Gasteiger partial charge in [0, 0.05) is 18.3 Å². The third kappa shape index (κ3) is 4.48. The summed E-state index contributed by atoms with van der Waals surface area (Å²) in [6, 6.07) is 0. The Morgan fingerprint density at radius 2 is 2.25 bits per heavy atom. The summed E-state index contributed by atoms with van der Waals surface area (Å²) < 4.78 is 7.61. The van der Waals surface area contributed by atoms with Crippen LogP contribution in [-0.4, -0.2) is 18.1 Å². The van der Waals surface area contributed by atoms with Gasteiger partial charge in [-0.1, -0.05) is 6.58 Å². The van der Waals surface area contributed by atoms with E-state index in [9.17, 15) is 0 Å². The first-order chi connectivity index (χ1) is 7.40. The molecule has 4 heteroatoms. The van der Waals surface area contributed by atoms with Gasteiger partial charge in [0.05, 0.1) is 12.0 Å². The molecule has 0 saturated carbocycles. The van der Waals surface area contributed by atoms with Crippen molar-refractivity contribution in [2.24, 2.45) is 0 Å². The molecular formula is C12H20N2OSi. The highest BCUT2D eigenvalue weighted by atomic mass is 28.4. The number of aryl methyl sites for hydroxylation is 1. The fraction of sp³-hybridized carbons (Fsp3) is 0.417. The number of rotatable bonds is 5. The molecule has 0 aliphatic heterocycles. The SMILES string of the molecule is C=C(/C=C/c1cnn(CC)c1)O[Si](C)(C)C. The van der Waals surface area contributed by atoms with Gasteiger partial charge in [-0.15, -0.1) is 0 Å². The molecule has 16 heavy (non-hydrogen) atoms. The molecule has 88 valence electrons. The van der Waals surface area contributed by atoms with Gasteiger partial charge in [-0.3, -0.25) is 4.68 Å². The number of nitrogens with zero attached hydrogens (tertiary/aromatic N) is 2. The van der Waals surface area contributed by atoms with E-state index in [0.29, 0.717) is 0 Å². The molecule has 1 heterocycles. The van der Waals surface area contributed by atoms with Gasteiger partial charge < -0.3 is 4.43 Å². The zero-order valence-electron chi connectivity index (χ0n) is 10.5. The molecule has 1 aromatic heterocycles. The van der Waals surface area contributed by atoms with Crippen molar-refractivity contribution in [3.05, 3.63) is 36.4 Å². The van der Waals surface area contributed by atoms with Crippen molar-refractivity contribution in [1.82, 2.24) is 9.78 Å². The highest BCUT2D eigenvalue weighted by Gasteiger charge is 2.15. The van der Waals surface area contributed by atoms with E-state index in [4.69, 9.17) is 4.43 Å². The van der Waals surface area contributed by atoms with E-state index < -0.39 is 8.32 Å². The van der Waals surface area contributed by atoms with Gasteiger partial charge in [0.1, 0.15) is 0 Å². The lowest BCUT2D eigenvalue weighted by atomic mass is 10.3. The molecule has 0 aromatic carbocycles. The van der Waals surface area contributed by atoms with Crippen LogP contribution in [0.1, 0.15) is 12.5 Å². The van der Waals surface area contributed by atoms with Crippen LogP contribution in [-0.2, 0) is 11.0 Å². The number of hydrogen-bond acceptors (Lipinski definition) is 2. The zero-order valence-corrected chi connectivity index (χ0v) is 11.5. The predicted octanol–water partition coefficient (Wildman–Crippen LogP) is 3.28. The van der Waals surface area contributed by atoms with Crippen LogP contribution in [0.25, 0.3) is 6.08 Å². The zero-order chi connectivity index (χ0) is 12.2. The number of hydrogen-bond donors (Lipinski definition) is 0. The lowest BCUT2D eigenvalue weighted by molar-refractivity contribution is 0.445. The molecule has 0 saturated heterocycles. The molecule has 1 aromatic rings. The summed E-state index contributed by atoms with van der Waals surface area (Å²) in [4.78, 5) is 0. The van der Waals surface area contributed by atoms with Crippen molar-refractivity contribution >= 4 is 14.4 Å². The monoisotopic (exact) mass is 236 g/mol. The fourth-order valence-electron chi connectivity index (χ4n) is 1.26. The maximum absolute atomic E-state index is 5.72. The van der Waals surface area contributed by atoms with Crippen molar-refractivity contribution < 1.29 is 4.43 Å². The lowest BCUT2D eigenvalue weighted by Gasteiger charge is -2.18. The van der Waals surface area contributed by atoms with Crippen LogP contribution in [0, 0.1) is 0 Å². The van der Waals surface area contributed by atoms with Crippen LogP contribution in [0.15, 0.2) is 30.8 Å². The summed E-state index contributed by atoms with van der Waals surface area (Å²) in [6.45, 7) is 13.3. The van der Waals surface area contributed by atoms with Gasteiger partial charge in [0.15, 0.2) is 0 Å². The Morgan fingerprint density at radius 1 is 1.56 bits per heavy atom. The van der Waals surface area contributed by atoms with Crippen molar-refractivity contribution in [3.63, 3.8) is 0 Å². The molecule has 0 spiro atoms. The largest absolute Gasteiger partial charge is 0.545 e. The maximum Gasteiger partial charge on any atom is 0.242 e. The molecule has 0 aliphatic rings. The standard InChI is InChI=1S/C12H20N2OSi/c1-6-14-10-12(9-13-14)8-7-11(2)15-16(3,4)5/h7-10H,2,6H2,1,3-5H3/b8-7+. The number of allylic oxidation sites excluding steroid dienone is 1. The minimum Gasteiger partial charge on any atom is -0.545 e. The van der Waals surface area contributed by atoms with E-state index in [1.807, 2.05) is 29.2 Å². The molecule has 0 bridgehead atoms. The van der Waals surface area contributed by atoms with Crippen LogP contribution >= 0.6 is 0 Å². The van der Waals surface area contributed by atoms with E-state index in [2.05, 4.69) is 38.2 Å². The van der Waals surface area contributed by atoms with Crippen molar-refractivity contribution in [3.8, 4) is 0 Å². The molecular weight excluding hydrogens is 216 g/mol. The molecule has 0 aliphatic carbocycles. The second-order valence-electron chi connectivity index (χ2n) is 4.64. The van der Waals surface area contributed by atoms with Crippen molar-refractivity contribution in [2.45, 2.75) is 33.1 Å². The third-order valence-corrected chi connectivity index (χ3v) is 2.75. The van der Waals surface area contributed by atoms with Crippen molar-refractivity contribution in [2.75, 3.05) is 0 Å². The Morgan fingerprint density at radius 3 is 2.75 bits per heavy atom. The van der Waals surface area contributed by atoms with Gasteiger partial charge in [0.2, 0.25) is 8.32 Å². The Hall–Kier alpha value is -1.29. The van der Waals surface area contributed by atoms with Crippen LogP contribution in [0.5, 0.6) is 0 Å². The topological polar surface area (TPSA) is 27.1 Å². The first-order valence-electron chi connectivity index (χ1n) is 5.49. The molecule has 0 N–H and O–H groups in total. The fourth-order valence-corrected chi connectivity index (χ4v) is 2.11. The summed E-state index contributed by atoms with van der Waals surface area (Å²) in [6.07, 6.45) is 7.71. The summed E-state index contributed by atoms with van der Waals surface area (Å²) in [5, 5.41) is 4.19. The van der Waals surface area contributed by atoms with Gasteiger partial charge in [0.25, 0.3) is 0 Å². The average Bonchev–Trinajstić information content (AvgIpc) is 2.59. The van der Waals surface area contributed by atoms with Crippen LogP contribution < -0.4 is 0 Å². The molecule has 0 radical (unpaired) electrons. The minimum atomic E-state index is -1.53. The van der Waals surface area contributed by atoms with E-state index in [0.717, 1.165) is 17.9 Å². The van der Waals surface area contributed by atoms with Crippen LogP contribution in [0.4, 0.5) is 0 Å². The maximum atomic E-state index is 5.72. The highest BCUT2D eigenvalue weighted by molar-refractivity contribution is 6.70. The van der Waals surface area contributed by atoms with Gasteiger partial charge in [-0.25, -0.2) is 0 Å². The second kappa shape index (κ2) is 5.16. The first-order valence-corrected chi connectivity index (χ1v) is 8.90. The van der Waals surface area contributed by atoms with Crippen LogP contribution in [0.2, 0.25) is 19.6 Å². The minimum absolute atomic E-state index is 0.725. The van der Waals surface area contributed by atoms with Crippen LogP contribution in [0.3, 0.4) is 0 Å².